The molecule has 0 fully saturated rings. The summed E-state index contributed by atoms with van der Waals surface area (Å²) >= 11 is 3.49. The molecule has 0 saturated heterocycles. The summed E-state index contributed by atoms with van der Waals surface area (Å²) in [5.74, 6) is -0.224. The second-order valence-corrected chi connectivity index (χ2v) is 5.27. The minimum absolute atomic E-state index is 0.0423. The number of para-hydroxylation sites is 1. The molecular weight excluding hydrogens is 307 g/mol. The summed E-state index contributed by atoms with van der Waals surface area (Å²) in [4.78, 5) is 0. The fourth-order valence-corrected chi connectivity index (χ4v) is 2.46. The van der Waals surface area contributed by atoms with E-state index >= 15 is 0 Å². The third-order valence-corrected chi connectivity index (χ3v) is 3.74. The Balaban J connectivity index is 2.28. The van der Waals surface area contributed by atoms with Crippen molar-refractivity contribution < 1.29 is 4.39 Å². The number of aryl methyl sites for hydroxylation is 1. The molecule has 19 heavy (non-hydrogen) atoms. The Hall–Kier alpha value is -1.39. The molecule has 0 amide bonds. The zero-order chi connectivity index (χ0) is 13.8. The van der Waals surface area contributed by atoms with Gasteiger partial charge in [0.25, 0.3) is 0 Å². The van der Waals surface area contributed by atoms with Gasteiger partial charge in [-0.3, -0.25) is 0 Å². The van der Waals surface area contributed by atoms with Crippen molar-refractivity contribution >= 4 is 21.6 Å². The van der Waals surface area contributed by atoms with E-state index < -0.39 is 0 Å². The normalized spacial score (nSPS) is 12.2. The molecule has 0 aliphatic rings. The molecule has 2 rings (SSSR count). The molecule has 0 heterocycles. The highest BCUT2D eigenvalue weighted by atomic mass is 79.9. The van der Waals surface area contributed by atoms with E-state index in [1.54, 1.807) is 6.07 Å². The van der Waals surface area contributed by atoms with Crippen LogP contribution < -0.4 is 11.1 Å². The smallest absolute Gasteiger partial charge is 0.123 e. The highest BCUT2D eigenvalue weighted by Crippen LogP contribution is 2.27. The van der Waals surface area contributed by atoms with Gasteiger partial charge in [0.15, 0.2) is 0 Å². The first-order valence-corrected chi connectivity index (χ1v) is 6.88. The average Bonchev–Trinajstić information content (AvgIpc) is 2.39. The molecule has 3 N–H and O–H groups in total. The van der Waals surface area contributed by atoms with Crippen LogP contribution in [-0.4, -0.2) is 6.54 Å². The van der Waals surface area contributed by atoms with Gasteiger partial charge in [0, 0.05) is 16.7 Å². The molecule has 2 aromatic carbocycles. The predicted molar refractivity (Wildman–Crippen MR) is 80.7 cm³/mol. The van der Waals surface area contributed by atoms with Crippen molar-refractivity contribution in [2.45, 2.75) is 13.0 Å². The van der Waals surface area contributed by atoms with Gasteiger partial charge in [-0.1, -0.05) is 18.2 Å². The van der Waals surface area contributed by atoms with Gasteiger partial charge >= 0.3 is 0 Å². The van der Waals surface area contributed by atoms with Crippen LogP contribution in [0.1, 0.15) is 17.2 Å². The molecule has 1 atom stereocenters. The van der Waals surface area contributed by atoms with E-state index in [4.69, 9.17) is 5.73 Å². The van der Waals surface area contributed by atoms with Crippen molar-refractivity contribution in [3.8, 4) is 0 Å². The van der Waals surface area contributed by atoms with Crippen LogP contribution in [-0.2, 0) is 0 Å². The quantitative estimate of drug-likeness (QED) is 0.892. The lowest BCUT2D eigenvalue weighted by Gasteiger charge is -2.21. The van der Waals surface area contributed by atoms with E-state index in [2.05, 4.69) is 21.2 Å². The molecule has 1 unspecified atom stereocenters. The highest BCUT2D eigenvalue weighted by Gasteiger charge is 2.13. The number of hydrogen-bond donors (Lipinski definition) is 2. The van der Waals surface area contributed by atoms with Crippen LogP contribution in [0.25, 0.3) is 0 Å². The third kappa shape index (κ3) is 3.33. The zero-order valence-corrected chi connectivity index (χ0v) is 12.2. The molecule has 2 nitrogen and oxygen atoms in total. The Morgan fingerprint density at radius 3 is 2.63 bits per heavy atom. The van der Waals surface area contributed by atoms with Gasteiger partial charge in [0.1, 0.15) is 5.82 Å². The number of nitrogens with two attached hydrogens (primary N) is 1. The molecule has 0 spiro atoms. The number of rotatable bonds is 4. The molecule has 100 valence electrons. The van der Waals surface area contributed by atoms with Crippen molar-refractivity contribution in [3.05, 3.63) is 63.9 Å². The molecule has 0 aliphatic heterocycles. The number of hydrogen-bond acceptors (Lipinski definition) is 2. The lowest BCUT2D eigenvalue weighted by Crippen LogP contribution is -2.21. The molecule has 4 heteroatoms. The zero-order valence-electron chi connectivity index (χ0n) is 10.7. The lowest BCUT2D eigenvalue weighted by molar-refractivity contribution is 0.624. The predicted octanol–water partition coefficient (Wildman–Crippen LogP) is 4.01. The van der Waals surface area contributed by atoms with Crippen molar-refractivity contribution in [1.82, 2.24) is 0 Å². The van der Waals surface area contributed by atoms with Crippen LogP contribution in [0.4, 0.5) is 10.1 Å². The average molecular weight is 323 g/mol. The summed E-state index contributed by atoms with van der Waals surface area (Å²) in [5, 5.41) is 3.38. The van der Waals surface area contributed by atoms with E-state index in [9.17, 15) is 4.39 Å². The lowest BCUT2D eigenvalue weighted by atomic mass is 10.0. The molecule has 2 aromatic rings. The van der Waals surface area contributed by atoms with Crippen molar-refractivity contribution in [3.63, 3.8) is 0 Å². The number of benzene rings is 2. The van der Waals surface area contributed by atoms with E-state index in [1.807, 2.05) is 31.2 Å². The number of anilines is 1. The highest BCUT2D eigenvalue weighted by molar-refractivity contribution is 9.10. The second kappa shape index (κ2) is 6.17. The fourth-order valence-electron chi connectivity index (χ4n) is 2.06. The number of nitrogens with one attached hydrogen (secondary N) is 1. The fraction of sp³-hybridized carbons (Fsp3) is 0.200. The van der Waals surface area contributed by atoms with Crippen molar-refractivity contribution in [2.24, 2.45) is 5.73 Å². The van der Waals surface area contributed by atoms with E-state index in [0.29, 0.717) is 6.54 Å². The Bertz CT molecular complexity index is 572. The van der Waals surface area contributed by atoms with Crippen molar-refractivity contribution in [1.29, 1.82) is 0 Å². The first-order chi connectivity index (χ1) is 9.11. The summed E-state index contributed by atoms with van der Waals surface area (Å²) < 4.78 is 14.1. The largest absolute Gasteiger partial charge is 0.376 e. The minimum atomic E-state index is -0.224. The van der Waals surface area contributed by atoms with Gasteiger partial charge < -0.3 is 11.1 Å². The number of halogens is 2. The first-order valence-electron chi connectivity index (χ1n) is 6.09. The Morgan fingerprint density at radius 2 is 2.00 bits per heavy atom. The molecular formula is C15H16BrFN2. The SMILES string of the molecule is Cc1cc(F)ccc1C(CN)Nc1ccccc1Br. The Kier molecular flexibility index (Phi) is 4.56. The second-order valence-electron chi connectivity index (χ2n) is 4.41. The van der Waals surface area contributed by atoms with E-state index in [0.717, 1.165) is 21.3 Å². The molecule has 0 aromatic heterocycles. The standard InChI is InChI=1S/C15H16BrFN2/c1-10-8-11(17)6-7-12(10)15(9-18)19-14-5-3-2-4-13(14)16/h2-8,15,19H,9,18H2,1H3. The molecule has 0 aliphatic carbocycles. The van der Waals surface area contributed by atoms with Crippen LogP contribution in [0, 0.1) is 12.7 Å². The van der Waals surface area contributed by atoms with Crippen molar-refractivity contribution in [2.75, 3.05) is 11.9 Å². The monoisotopic (exact) mass is 322 g/mol. The summed E-state index contributed by atoms with van der Waals surface area (Å²) in [6, 6.07) is 12.6. The van der Waals surface area contributed by atoms with Gasteiger partial charge in [-0.25, -0.2) is 4.39 Å². The van der Waals surface area contributed by atoms with E-state index in [-0.39, 0.29) is 11.9 Å². The Morgan fingerprint density at radius 1 is 1.26 bits per heavy atom. The minimum Gasteiger partial charge on any atom is -0.376 e. The maximum absolute atomic E-state index is 13.1. The summed E-state index contributed by atoms with van der Waals surface area (Å²) in [7, 11) is 0. The summed E-state index contributed by atoms with van der Waals surface area (Å²) in [6.45, 7) is 2.33. The van der Waals surface area contributed by atoms with Gasteiger partial charge in [0.05, 0.1) is 6.04 Å². The Labute approximate surface area is 121 Å². The van der Waals surface area contributed by atoms with Crippen LogP contribution >= 0.6 is 15.9 Å². The molecule has 0 bridgehead atoms. The van der Waals surface area contributed by atoms with Crippen LogP contribution in [0.2, 0.25) is 0 Å². The van der Waals surface area contributed by atoms with Crippen LogP contribution in [0.3, 0.4) is 0 Å². The van der Waals surface area contributed by atoms with E-state index in [1.165, 1.54) is 12.1 Å². The molecule has 0 radical (unpaired) electrons. The summed E-state index contributed by atoms with van der Waals surface area (Å²) in [6.07, 6.45) is 0. The maximum atomic E-state index is 13.1. The van der Waals surface area contributed by atoms with Gasteiger partial charge in [-0.2, -0.15) is 0 Å². The summed E-state index contributed by atoms with van der Waals surface area (Å²) in [5.41, 5.74) is 8.72. The van der Waals surface area contributed by atoms with Gasteiger partial charge in [-0.05, 0) is 58.2 Å². The van der Waals surface area contributed by atoms with Gasteiger partial charge in [0.2, 0.25) is 0 Å². The first kappa shape index (κ1) is 14.0. The van der Waals surface area contributed by atoms with Gasteiger partial charge in [-0.15, -0.1) is 0 Å². The van der Waals surface area contributed by atoms with Crippen LogP contribution in [0.5, 0.6) is 0 Å². The maximum Gasteiger partial charge on any atom is 0.123 e. The van der Waals surface area contributed by atoms with Crippen LogP contribution in [0.15, 0.2) is 46.9 Å². The molecule has 0 saturated carbocycles. The third-order valence-electron chi connectivity index (χ3n) is 3.05. The topological polar surface area (TPSA) is 38.0 Å².